The number of nitrogens with two attached hydrogens (primary N) is 3. The number of carbonyl (C=O) groups is 6. The lowest BCUT2D eigenvalue weighted by atomic mass is 9.89. The van der Waals surface area contributed by atoms with Crippen LogP contribution in [0.1, 0.15) is 152 Å². The first-order chi connectivity index (χ1) is 50.7. The van der Waals surface area contributed by atoms with Crippen LogP contribution < -0.4 is 47.9 Å². The van der Waals surface area contributed by atoms with Crippen LogP contribution in [0.5, 0.6) is 0 Å². The van der Waals surface area contributed by atoms with Crippen molar-refractivity contribution < 1.29 is 28.8 Å². The zero-order valence-electron chi connectivity index (χ0n) is 63.5. The van der Waals surface area contributed by atoms with Gasteiger partial charge < -0.3 is 77.3 Å². The number of aromatic nitrogens is 3. The van der Waals surface area contributed by atoms with Crippen LogP contribution in [0.2, 0.25) is 0 Å². The molecule has 24 heteroatoms. The molecule has 0 aliphatic carbocycles. The molecule has 9 heterocycles. The normalized spacial score (nSPS) is 21.1. The minimum Gasteiger partial charge on any atom is -0.383 e. The lowest BCUT2D eigenvalue weighted by Crippen LogP contribution is -2.46. The Morgan fingerprint density at radius 2 is 0.600 bits per heavy atom. The van der Waals surface area contributed by atoms with E-state index in [1.54, 1.807) is 32.9 Å². The fourth-order valence-electron chi connectivity index (χ4n) is 15.4. The van der Waals surface area contributed by atoms with Crippen molar-refractivity contribution in [2.75, 3.05) is 166 Å². The van der Waals surface area contributed by atoms with Crippen LogP contribution in [0.25, 0.3) is 0 Å². The van der Waals surface area contributed by atoms with Crippen LogP contribution in [-0.2, 0) is 48.0 Å². The summed E-state index contributed by atoms with van der Waals surface area (Å²) in [7, 11) is 0. The first kappa shape index (κ1) is 78.2. The van der Waals surface area contributed by atoms with Crippen molar-refractivity contribution in [1.29, 1.82) is 0 Å². The molecule has 0 unspecified atom stereocenters. The van der Waals surface area contributed by atoms with Crippen LogP contribution in [0, 0.1) is 17.8 Å². The number of piperazine rings is 3. The Hall–Kier alpha value is -9.39. The maximum absolute atomic E-state index is 13.3. The Labute approximate surface area is 621 Å². The number of likely N-dealkylation sites (N-methyl/N-ethyl adjacent to an activating group) is 3. The molecule has 564 valence electrons. The molecule has 9 N–H and O–H groups in total. The van der Waals surface area contributed by atoms with Crippen LogP contribution >= 0.6 is 0 Å². The van der Waals surface area contributed by atoms with E-state index in [-0.39, 0.29) is 18.1 Å². The molecule has 0 bridgehead atoms. The molecule has 6 aliphatic rings. The summed E-state index contributed by atoms with van der Waals surface area (Å²) in [6.45, 7) is 36.6. The number of carbonyl (C=O) groups excluding carboxylic acids is 6. The van der Waals surface area contributed by atoms with Crippen molar-refractivity contribution in [2.45, 2.75) is 138 Å². The minimum atomic E-state index is -0.636. The number of benzene rings is 3. The summed E-state index contributed by atoms with van der Waals surface area (Å²) in [4.78, 5) is 111. The smallest absolute Gasteiger partial charge is 0.313 e. The Morgan fingerprint density at radius 3 is 0.819 bits per heavy atom. The average molecular weight is 1440 g/mol. The molecule has 24 nitrogen and oxygen atoms in total. The Morgan fingerprint density at radius 1 is 0.362 bits per heavy atom. The number of amides is 6. The third-order valence-electron chi connectivity index (χ3n) is 22.1. The summed E-state index contributed by atoms with van der Waals surface area (Å²) in [6, 6.07) is 30.7. The van der Waals surface area contributed by atoms with Gasteiger partial charge in [-0.2, -0.15) is 0 Å². The van der Waals surface area contributed by atoms with Crippen molar-refractivity contribution in [1.82, 2.24) is 44.4 Å². The highest BCUT2D eigenvalue weighted by molar-refractivity contribution is 6.40. The molecular formula is C81H114N18O6. The second-order valence-electron chi connectivity index (χ2n) is 29.2. The quantitative estimate of drug-likeness (QED) is 0.0521. The Balaban J connectivity index is 0.000000169. The van der Waals surface area contributed by atoms with Crippen molar-refractivity contribution >= 4 is 87.0 Å². The molecule has 3 aromatic heterocycles. The average Bonchev–Trinajstić information content (AvgIpc) is 0.808. The molecule has 0 saturated carbocycles. The fraction of sp³-hybridized carbons (Fsp3) is 0.519. The number of aryl methyl sites for hydroxylation is 3. The summed E-state index contributed by atoms with van der Waals surface area (Å²) in [5.74, 6) is -1.05. The third kappa shape index (κ3) is 20.2. The Kier molecular flexibility index (Phi) is 27.6. The lowest BCUT2D eigenvalue weighted by molar-refractivity contribution is -0.146. The number of nitrogen functional groups attached to an aromatic ring is 3. The molecule has 6 aliphatic heterocycles. The molecular weight excluding hydrogens is 1320 g/mol. The van der Waals surface area contributed by atoms with E-state index in [1.807, 2.05) is 20.8 Å². The number of hydrogen-bond acceptors (Lipinski definition) is 18. The fourth-order valence-corrected chi connectivity index (χ4v) is 15.4. The van der Waals surface area contributed by atoms with Crippen LogP contribution in [0.3, 0.4) is 0 Å². The highest BCUT2D eigenvalue weighted by Crippen LogP contribution is 2.38. The standard InChI is InChI=1S/3C27H38N6O2/c3*1-4-20-16-22(17-29-25(20)28)30-26(34)27(35)33-18-19(3)6-11-24(33)21-7-9-23(10-8-21)32-14-12-31(5-2)13-15-32/h3*7-10,16-17,19,24H,4-6,11-15,18H2,1-3H3,(H2,28,29)(H,30,34)/t3*19-,24+/m100/s1. The van der Waals surface area contributed by atoms with Gasteiger partial charge in [0.05, 0.1) is 53.8 Å². The van der Waals surface area contributed by atoms with Crippen molar-refractivity contribution in [2.24, 2.45) is 17.8 Å². The number of piperidine rings is 3. The van der Waals surface area contributed by atoms with Gasteiger partial charge in [-0.15, -0.1) is 0 Å². The molecule has 6 atom stereocenters. The van der Waals surface area contributed by atoms with Crippen molar-refractivity contribution in [3.63, 3.8) is 0 Å². The number of anilines is 9. The van der Waals surface area contributed by atoms with E-state index < -0.39 is 35.4 Å². The first-order valence-electron chi connectivity index (χ1n) is 38.5. The molecule has 6 aromatic rings. The zero-order valence-corrected chi connectivity index (χ0v) is 63.5. The molecule has 6 saturated heterocycles. The predicted molar refractivity (Wildman–Crippen MR) is 421 cm³/mol. The number of pyridine rings is 3. The van der Waals surface area contributed by atoms with Crippen LogP contribution in [-0.4, -0.2) is 198 Å². The molecule has 3 aromatic carbocycles. The van der Waals surface area contributed by atoms with Crippen molar-refractivity contribution in [3.05, 3.63) is 143 Å². The number of likely N-dealkylation sites (tertiary alicyclic amines) is 3. The van der Waals surface area contributed by atoms with Gasteiger partial charge in [0.2, 0.25) is 0 Å². The number of nitrogens with zero attached hydrogens (tertiary/aromatic N) is 12. The number of rotatable bonds is 15. The third-order valence-corrected chi connectivity index (χ3v) is 22.1. The molecule has 0 spiro atoms. The van der Waals surface area contributed by atoms with Crippen LogP contribution in [0.4, 0.5) is 51.6 Å². The van der Waals surface area contributed by atoms with Gasteiger partial charge >= 0.3 is 35.4 Å². The largest absolute Gasteiger partial charge is 0.383 e. The van der Waals surface area contributed by atoms with Gasteiger partial charge in [0.25, 0.3) is 0 Å². The topological polar surface area (TPSA) is 284 Å². The van der Waals surface area contributed by atoms with Crippen LogP contribution in [0.15, 0.2) is 110 Å². The maximum atomic E-state index is 13.3. The molecule has 0 radical (unpaired) electrons. The highest BCUT2D eigenvalue weighted by atomic mass is 16.2. The second kappa shape index (κ2) is 37.0. The van der Waals surface area contributed by atoms with Gasteiger partial charge in [-0.25, -0.2) is 15.0 Å². The SMILES string of the molecule is CCc1cc(NC(=O)C(=O)N2C[C@@H](C)CC[C@@H]2c2ccc(N3CCN(CC)CC3)cc2)cnc1N.CCc1cc(NC(=O)C(=O)N2C[C@@H](C)CC[C@@H]2c2ccc(N3CCN(CC)CC3)cc2)cnc1N.CCc1cc(NC(=O)C(=O)N2C[C@H](C)CC[C@H]2c2ccc(N3CCN(CC)CC3)cc2)cnc1N. The van der Waals surface area contributed by atoms with E-state index in [2.05, 4.69) is 175 Å². The van der Waals surface area contributed by atoms with Gasteiger partial charge in [0.15, 0.2) is 0 Å². The first-order valence-corrected chi connectivity index (χ1v) is 38.5. The zero-order chi connectivity index (χ0) is 74.8. The van der Waals surface area contributed by atoms with Gasteiger partial charge in [-0.1, -0.05) is 98.7 Å². The summed E-state index contributed by atoms with van der Waals surface area (Å²) in [5, 5.41) is 8.19. The summed E-state index contributed by atoms with van der Waals surface area (Å²) < 4.78 is 0. The molecule has 6 fully saturated rings. The number of nitrogens with one attached hydrogen (secondary N) is 3. The number of hydrogen-bond donors (Lipinski definition) is 6. The van der Waals surface area contributed by atoms with Gasteiger partial charge in [-0.05, 0) is 183 Å². The molecule has 105 heavy (non-hydrogen) atoms. The molecule has 6 amide bonds. The highest BCUT2D eigenvalue weighted by Gasteiger charge is 2.38. The summed E-state index contributed by atoms with van der Waals surface area (Å²) >= 11 is 0. The molecule has 12 rings (SSSR count). The van der Waals surface area contributed by atoms with E-state index in [1.165, 1.54) is 35.7 Å². The monoisotopic (exact) mass is 1430 g/mol. The van der Waals surface area contributed by atoms with E-state index in [4.69, 9.17) is 17.2 Å². The van der Waals surface area contributed by atoms with Gasteiger partial charge in [0.1, 0.15) is 17.5 Å². The second-order valence-corrected chi connectivity index (χ2v) is 29.2. The van der Waals surface area contributed by atoms with Gasteiger partial charge in [0, 0.05) is 115 Å². The van der Waals surface area contributed by atoms with E-state index in [0.29, 0.717) is 91.2 Å². The predicted octanol–water partition coefficient (Wildman–Crippen LogP) is 9.92. The maximum Gasteiger partial charge on any atom is 0.313 e. The lowest BCUT2D eigenvalue weighted by Gasteiger charge is -2.39. The minimum absolute atomic E-state index is 0.105. The summed E-state index contributed by atoms with van der Waals surface area (Å²) in [6.07, 6.45) is 12.2. The Bertz CT molecular complexity index is 3490. The van der Waals surface area contributed by atoms with E-state index >= 15 is 0 Å². The van der Waals surface area contributed by atoms with Crippen molar-refractivity contribution in [3.8, 4) is 0 Å². The van der Waals surface area contributed by atoms with Gasteiger partial charge in [-0.3, -0.25) is 28.8 Å². The van der Waals surface area contributed by atoms with E-state index in [0.717, 1.165) is 170 Å². The van der Waals surface area contributed by atoms with E-state index in [9.17, 15) is 28.8 Å². The summed E-state index contributed by atoms with van der Waals surface area (Å²) in [5.41, 5.74) is 28.5.